The molecule has 0 aliphatic carbocycles. The highest BCUT2D eigenvalue weighted by Crippen LogP contribution is 2.16. The highest BCUT2D eigenvalue weighted by Gasteiger charge is 2.11. The summed E-state index contributed by atoms with van der Waals surface area (Å²) in [6.07, 6.45) is 0.613. The van der Waals surface area contributed by atoms with E-state index < -0.39 is 5.97 Å². The third-order valence-corrected chi connectivity index (χ3v) is 4.79. The summed E-state index contributed by atoms with van der Waals surface area (Å²) in [6, 6.07) is 8.71. The second kappa shape index (κ2) is 9.43. The molecule has 0 aliphatic rings. The molecule has 3 rings (SSSR count). The summed E-state index contributed by atoms with van der Waals surface area (Å²) in [5, 5.41) is 5.01. The minimum atomic E-state index is -0.535. The molecule has 0 aliphatic heterocycles. The summed E-state index contributed by atoms with van der Waals surface area (Å²) >= 11 is 1.32. The van der Waals surface area contributed by atoms with E-state index in [0.29, 0.717) is 36.0 Å². The maximum atomic E-state index is 12.2. The van der Waals surface area contributed by atoms with E-state index in [0.717, 1.165) is 10.6 Å². The Morgan fingerprint density at radius 1 is 1.29 bits per heavy atom. The molecule has 0 spiro atoms. The standard InChI is InChI=1S/C19H21N3O5S/c1-3-25-9-8-16-21-22-17(23)10-14(20-19(22)28-16)11-27-18(24)12-26-15-7-5-4-6-13(15)2/h4-7,10H,3,8-9,11-12H2,1-2H3. The second-order valence-corrected chi connectivity index (χ2v) is 6.98. The summed E-state index contributed by atoms with van der Waals surface area (Å²) in [7, 11) is 0. The maximum Gasteiger partial charge on any atom is 0.344 e. The van der Waals surface area contributed by atoms with Crippen molar-refractivity contribution in [1.29, 1.82) is 0 Å². The number of rotatable bonds is 9. The van der Waals surface area contributed by atoms with E-state index in [1.807, 2.05) is 32.0 Å². The monoisotopic (exact) mass is 403 g/mol. The molecular weight excluding hydrogens is 382 g/mol. The van der Waals surface area contributed by atoms with Crippen molar-refractivity contribution in [3.63, 3.8) is 0 Å². The average molecular weight is 403 g/mol. The van der Waals surface area contributed by atoms with Crippen LogP contribution in [0.1, 0.15) is 23.2 Å². The van der Waals surface area contributed by atoms with Gasteiger partial charge in [-0.05, 0) is 25.5 Å². The van der Waals surface area contributed by atoms with Crippen LogP contribution >= 0.6 is 11.3 Å². The van der Waals surface area contributed by atoms with Crippen LogP contribution in [0.15, 0.2) is 35.1 Å². The van der Waals surface area contributed by atoms with Gasteiger partial charge in [-0.25, -0.2) is 9.78 Å². The number of hydrogen-bond acceptors (Lipinski definition) is 8. The van der Waals surface area contributed by atoms with Gasteiger partial charge in [-0.1, -0.05) is 29.5 Å². The lowest BCUT2D eigenvalue weighted by Gasteiger charge is -2.08. The molecule has 0 fully saturated rings. The van der Waals surface area contributed by atoms with Gasteiger partial charge in [0.2, 0.25) is 4.96 Å². The number of nitrogens with zero attached hydrogens (tertiary/aromatic N) is 3. The van der Waals surface area contributed by atoms with Crippen molar-refractivity contribution in [1.82, 2.24) is 14.6 Å². The van der Waals surface area contributed by atoms with Crippen molar-refractivity contribution in [3.05, 3.63) is 57.0 Å². The number of aryl methyl sites for hydroxylation is 1. The van der Waals surface area contributed by atoms with Gasteiger partial charge in [0.05, 0.1) is 12.3 Å². The molecule has 2 heterocycles. The molecule has 0 atom stereocenters. The number of fused-ring (bicyclic) bond motifs is 1. The fourth-order valence-corrected chi connectivity index (χ4v) is 3.32. The summed E-state index contributed by atoms with van der Waals surface area (Å²) in [4.78, 5) is 28.9. The predicted molar refractivity (Wildman–Crippen MR) is 104 cm³/mol. The lowest BCUT2D eigenvalue weighted by atomic mass is 10.2. The Hall–Kier alpha value is -2.78. The van der Waals surface area contributed by atoms with E-state index in [2.05, 4.69) is 10.1 Å². The first kappa shape index (κ1) is 20.0. The molecule has 0 saturated carbocycles. The Morgan fingerprint density at radius 2 is 2.11 bits per heavy atom. The van der Waals surface area contributed by atoms with Gasteiger partial charge in [-0.2, -0.15) is 9.61 Å². The van der Waals surface area contributed by atoms with Crippen LogP contribution in [0.3, 0.4) is 0 Å². The van der Waals surface area contributed by atoms with Crippen LogP contribution in [-0.2, 0) is 27.3 Å². The van der Waals surface area contributed by atoms with Crippen molar-refractivity contribution in [3.8, 4) is 5.75 Å². The molecule has 0 amide bonds. The summed E-state index contributed by atoms with van der Waals surface area (Å²) in [5.74, 6) is 0.0911. The molecule has 0 bridgehead atoms. The zero-order valence-corrected chi connectivity index (χ0v) is 16.5. The Bertz CT molecular complexity index is 1010. The average Bonchev–Trinajstić information content (AvgIpc) is 3.09. The van der Waals surface area contributed by atoms with Gasteiger partial charge in [0.1, 0.15) is 17.4 Å². The fraction of sp³-hybridized carbons (Fsp3) is 0.368. The number of carbonyl (C=O) groups excluding carboxylic acids is 1. The van der Waals surface area contributed by atoms with E-state index in [4.69, 9.17) is 14.2 Å². The lowest BCUT2D eigenvalue weighted by Crippen LogP contribution is -2.18. The Labute approximate surface area is 165 Å². The Kier molecular flexibility index (Phi) is 6.72. The van der Waals surface area contributed by atoms with Gasteiger partial charge in [0.25, 0.3) is 5.56 Å². The molecule has 3 aromatic rings. The summed E-state index contributed by atoms with van der Waals surface area (Å²) < 4.78 is 17.2. The van der Waals surface area contributed by atoms with E-state index in [9.17, 15) is 9.59 Å². The molecule has 0 saturated heterocycles. The van der Waals surface area contributed by atoms with E-state index in [1.165, 1.54) is 21.9 Å². The van der Waals surface area contributed by atoms with E-state index in [-0.39, 0.29) is 18.8 Å². The number of hydrogen-bond donors (Lipinski definition) is 0. The zero-order chi connectivity index (χ0) is 19.9. The van der Waals surface area contributed by atoms with Crippen molar-refractivity contribution in [2.24, 2.45) is 0 Å². The highest BCUT2D eigenvalue weighted by molar-refractivity contribution is 7.16. The molecule has 0 N–H and O–H groups in total. The van der Waals surface area contributed by atoms with Crippen LogP contribution in [0.4, 0.5) is 0 Å². The van der Waals surface area contributed by atoms with Crippen LogP contribution in [0, 0.1) is 6.92 Å². The van der Waals surface area contributed by atoms with Crippen LogP contribution in [0.5, 0.6) is 5.75 Å². The van der Waals surface area contributed by atoms with Gasteiger partial charge in [0, 0.05) is 19.1 Å². The highest BCUT2D eigenvalue weighted by atomic mass is 32.1. The number of aromatic nitrogens is 3. The number of esters is 1. The first-order valence-corrected chi connectivity index (χ1v) is 9.69. The number of benzene rings is 1. The predicted octanol–water partition coefficient (Wildman–Crippen LogP) is 2.16. The fourth-order valence-electron chi connectivity index (χ4n) is 2.43. The summed E-state index contributed by atoms with van der Waals surface area (Å²) in [6.45, 7) is 4.67. The quantitative estimate of drug-likeness (QED) is 0.399. The third kappa shape index (κ3) is 5.14. The minimum Gasteiger partial charge on any atom is -0.482 e. The Balaban J connectivity index is 1.58. The van der Waals surface area contributed by atoms with Crippen molar-refractivity contribution in [2.75, 3.05) is 19.8 Å². The number of para-hydroxylation sites is 1. The SMILES string of the molecule is CCOCCc1nn2c(=O)cc(COC(=O)COc3ccccc3C)nc2s1. The molecule has 0 radical (unpaired) electrons. The van der Waals surface area contributed by atoms with Crippen molar-refractivity contribution >= 4 is 22.3 Å². The van der Waals surface area contributed by atoms with Crippen LogP contribution in [-0.4, -0.2) is 40.4 Å². The smallest absolute Gasteiger partial charge is 0.344 e. The van der Waals surface area contributed by atoms with Gasteiger partial charge in [-0.3, -0.25) is 4.79 Å². The van der Waals surface area contributed by atoms with E-state index in [1.54, 1.807) is 6.07 Å². The summed E-state index contributed by atoms with van der Waals surface area (Å²) in [5.41, 5.74) is 0.987. The first-order chi connectivity index (χ1) is 13.6. The molecule has 8 nitrogen and oxygen atoms in total. The van der Waals surface area contributed by atoms with Crippen molar-refractivity contribution < 1.29 is 19.0 Å². The molecule has 1 aromatic carbocycles. The zero-order valence-electron chi connectivity index (χ0n) is 15.7. The minimum absolute atomic E-state index is 0.103. The van der Waals surface area contributed by atoms with Crippen LogP contribution in [0.2, 0.25) is 0 Å². The third-order valence-electron chi connectivity index (χ3n) is 3.82. The van der Waals surface area contributed by atoms with Gasteiger partial charge < -0.3 is 14.2 Å². The van der Waals surface area contributed by atoms with Crippen LogP contribution in [0.25, 0.3) is 4.96 Å². The molecular formula is C19H21N3O5S. The molecule has 28 heavy (non-hydrogen) atoms. The lowest BCUT2D eigenvalue weighted by molar-refractivity contribution is -0.147. The maximum absolute atomic E-state index is 12.2. The van der Waals surface area contributed by atoms with Gasteiger partial charge in [-0.15, -0.1) is 0 Å². The molecule has 148 valence electrons. The Morgan fingerprint density at radius 3 is 2.89 bits per heavy atom. The molecule has 9 heteroatoms. The van der Waals surface area contributed by atoms with Crippen molar-refractivity contribution in [2.45, 2.75) is 26.9 Å². The molecule has 0 unspecified atom stereocenters. The van der Waals surface area contributed by atoms with Gasteiger partial charge >= 0.3 is 5.97 Å². The van der Waals surface area contributed by atoms with Gasteiger partial charge in [0.15, 0.2) is 6.61 Å². The largest absolute Gasteiger partial charge is 0.482 e. The normalized spacial score (nSPS) is 10.9. The second-order valence-electron chi connectivity index (χ2n) is 5.94. The van der Waals surface area contributed by atoms with Crippen LogP contribution < -0.4 is 10.3 Å². The molecule has 2 aromatic heterocycles. The first-order valence-electron chi connectivity index (χ1n) is 8.87. The van der Waals surface area contributed by atoms with E-state index >= 15 is 0 Å². The number of ether oxygens (including phenoxy) is 3. The topological polar surface area (TPSA) is 92.0 Å². The number of carbonyl (C=O) groups is 1.